The molecule has 1 heteroatoms. The summed E-state index contributed by atoms with van der Waals surface area (Å²) >= 11 is 0. The van der Waals surface area contributed by atoms with Crippen LogP contribution >= 0.6 is 0 Å². The van der Waals surface area contributed by atoms with Gasteiger partial charge in [0.25, 0.3) is 0 Å². The van der Waals surface area contributed by atoms with E-state index < -0.39 is 0 Å². The SMILES string of the molecule is CNC1CCCc2ccc(-c3ccccc3)cc21. The van der Waals surface area contributed by atoms with Gasteiger partial charge in [-0.1, -0.05) is 42.5 Å². The van der Waals surface area contributed by atoms with Crippen molar-refractivity contribution < 1.29 is 0 Å². The van der Waals surface area contributed by atoms with E-state index in [-0.39, 0.29) is 0 Å². The zero-order valence-corrected chi connectivity index (χ0v) is 10.8. The Balaban J connectivity index is 2.04. The summed E-state index contributed by atoms with van der Waals surface area (Å²) in [5.41, 5.74) is 5.64. The van der Waals surface area contributed by atoms with E-state index >= 15 is 0 Å². The van der Waals surface area contributed by atoms with Crippen molar-refractivity contribution in [3.8, 4) is 11.1 Å². The average Bonchev–Trinajstić information content (AvgIpc) is 2.47. The van der Waals surface area contributed by atoms with E-state index in [4.69, 9.17) is 0 Å². The van der Waals surface area contributed by atoms with Gasteiger partial charge in [-0.15, -0.1) is 0 Å². The van der Waals surface area contributed by atoms with Gasteiger partial charge in [-0.3, -0.25) is 0 Å². The first-order valence-electron chi connectivity index (χ1n) is 6.74. The normalized spacial score (nSPS) is 18.4. The third-order valence-corrected chi connectivity index (χ3v) is 3.92. The lowest BCUT2D eigenvalue weighted by Crippen LogP contribution is -2.21. The molecule has 0 saturated carbocycles. The van der Waals surface area contributed by atoms with Crippen LogP contribution in [-0.2, 0) is 6.42 Å². The Bertz CT molecular complexity index is 531. The largest absolute Gasteiger partial charge is 0.313 e. The van der Waals surface area contributed by atoms with Crippen LogP contribution in [-0.4, -0.2) is 7.05 Å². The molecule has 18 heavy (non-hydrogen) atoms. The highest BCUT2D eigenvalue weighted by Gasteiger charge is 2.18. The first-order valence-corrected chi connectivity index (χ1v) is 6.74. The summed E-state index contributed by atoms with van der Waals surface area (Å²) in [5, 5.41) is 3.44. The van der Waals surface area contributed by atoms with Crippen LogP contribution in [0.1, 0.15) is 30.0 Å². The minimum absolute atomic E-state index is 0.525. The molecule has 1 nitrogen and oxygen atoms in total. The summed E-state index contributed by atoms with van der Waals surface area (Å²) in [6, 6.07) is 18.1. The van der Waals surface area contributed by atoms with Gasteiger partial charge in [0.05, 0.1) is 0 Å². The molecular formula is C17H19N. The molecule has 92 valence electrons. The third kappa shape index (κ3) is 2.06. The predicted molar refractivity (Wildman–Crippen MR) is 76.6 cm³/mol. The average molecular weight is 237 g/mol. The quantitative estimate of drug-likeness (QED) is 0.834. The molecule has 0 fully saturated rings. The number of nitrogens with one attached hydrogen (secondary N) is 1. The molecule has 3 rings (SSSR count). The van der Waals surface area contributed by atoms with Gasteiger partial charge in [0, 0.05) is 6.04 Å². The number of hydrogen-bond acceptors (Lipinski definition) is 1. The van der Waals surface area contributed by atoms with E-state index in [1.54, 1.807) is 0 Å². The maximum absolute atomic E-state index is 3.44. The van der Waals surface area contributed by atoms with Gasteiger partial charge in [-0.05, 0) is 54.6 Å². The number of aryl methyl sites for hydroxylation is 1. The molecule has 0 aromatic heterocycles. The van der Waals surface area contributed by atoms with E-state index in [9.17, 15) is 0 Å². The molecule has 1 aliphatic rings. The highest BCUT2D eigenvalue weighted by atomic mass is 14.9. The van der Waals surface area contributed by atoms with E-state index in [1.807, 2.05) is 0 Å². The van der Waals surface area contributed by atoms with Crippen molar-refractivity contribution in [2.75, 3.05) is 7.05 Å². The minimum Gasteiger partial charge on any atom is -0.313 e. The number of hydrogen-bond donors (Lipinski definition) is 1. The van der Waals surface area contributed by atoms with Crippen LogP contribution in [0.15, 0.2) is 48.5 Å². The number of benzene rings is 2. The second-order valence-corrected chi connectivity index (χ2v) is 5.01. The van der Waals surface area contributed by atoms with Crippen molar-refractivity contribution in [1.82, 2.24) is 5.32 Å². The van der Waals surface area contributed by atoms with Gasteiger partial charge in [0.15, 0.2) is 0 Å². The molecule has 0 aliphatic heterocycles. The first kappa shape index (κ1) is 11.5. The number of rotatable bonds is 2. The monoisotopic (exact) mass is 237 g/mol. The second-order valence-electron chi connectivity index (χ2n) is 5.01. The Morgan fingerprint density at radius 3 is 2.61 bits per heavy atom. The molecule has 1 N–H and O–H groups in total. The molecule has 0 spiro atoms. The summed E-state index contributed by atoms with van der Waals surface area (Å²) < 4.78 is 0. The lowest BCUT2D eigenvalue weighted by atomic mass is 9.86. The standard InChI is InChI=1S/C17H19N/c1-18-17-9-5-8-14-10-11-15(12-16(14)17)13-6-3-2-4-7-13/h2-4,6-7,10-12,17-18H,5,8-9H2,1H3. The first-order chi connectivity index (χ1) is 8.88. The summed E-state index contributed by atoms with van der Waals surface area (Å²) in [6.45, 7) is 0. The second kappa shape index (κ2) is 4.95. The summed E-state index contributed by atoms with van der Waals surface area (Å²) in [4.78, 5) is 0. The molecule has 0 saturated heterocycles. The van der Waals surface area contributed by atoms with Gasteiger partial charge < -0.3 is 5.32 Å². The molecule has 1 aliphatic carbocycles. The van der Waals surface area contributed by atoms with Crippen molar-refractivity contribution in [2.24, 2.45) is 0 Å². The fourth-order valence-electron chi connectivity index (χ4n) is 2.91. The van der Waals surface area contributed by atoms with E-state index in [1.165, 1.54) is 41.5 Å². The van der Waals surface area contributed by atoms with Gasteiger partial charge in [-0.25, -0.2) is 0 Å². The van der Waals surface area contributed by atoms with Crippen molar-refractivity contribution in [2.45, 2.75) is 25.3 Å². The molecule has 1 atom stereocenters. The van der Waals surface area contributed by atoms with Crippen molar-refractivity contribution in [1.29, 1.82) is 0 Å². The minimum atomic E-state index is 0.525. The molecule has 2 aromatic carbocycles. The van der Waals surface area contributed by atoms with Crippen LogP contribution in [0.3, 0.4) is 0 Å². The molecule has 0 amide bonds. The summed E-state index contributed by atoms with van der Waals surface area (Å²) in [7, 11) is 2.06. The Hall–Kier alpha value is -1.60. The Labute approximate surface area is 109 Å². The lowest BCUT2D eigenvalue weighted by molar-refractivity contribution is 0.497. The fourth-order valence-corrected chi connectivity index (χ4v) is 2.91. The van der Waals surface area contributed by atoms with Crippen molar-refractivity contribution >= 4 is 0 Å². The summed E-state index contributed by atoms with van der Waals surface area (Å²) in [5.74, 6) is 0. The van der Waals surface area contributed by atoms with E-state index in [0.29, 0.717) is 6.04 Å². The topological polar surface area (TPSA) is 12.0 Å². The van der Waals surface area contributed by atoms with Crippen molar-refractivity contribution in [3.63, 3.8) is 0 Å². The predicted octanol–water partition coefficient (Wildman–Crippen LogP) is 3.95. The molecular weight excluding hydrogens is 218 g/mol. The Kier molecular flexibility index (Phi) is 3.16. The van der Waals surface area contributed by atoms with E-state index in [0.717, 1.165) is 0 Å². The van der Waals surface area contributed by atoms with Crippen LogP contribution in [0.25, 0.3) is 11.1 Å². The van der Waals surface area contributed by atoms with Gasteiger partial charge in [-0.2, -0.15) is 0 Å². The molecule has 0 radical (unpaired) electrons. The van der Waals surface area contributed by atoms with Gasteiger partial charge in [0.2, 0.25) is 0 Å². The third-order valence-electron chi connectivity index (χ3n) is 3.92. The molecule has 0 heterocycles. The highest BCUT2D eigenvalue weighted by Crippen LogP contribution is 2.32. The molecule has 1 unspecified atom stereocenters. The lowest BCUT2D eigenvalue weighted by Gasteiger charge is -2.25. The van der Waals surface area contributed by atoms with Gasteiger partial charge >= 0.3 is 0 Å². The maximum Gasteiger partial charge on any atom is 0.0320 e. The van der Waals surface area contributed by atoms with Crippen LogP contribution in [0.5, 0.6) is 0 Å². The summed E-state index contributed by atoms with van der Waals surface area (Å²) in [6.07, 6.45) is 3.77. The Morgan fingerprint density at radius 2 is 1.83 bits per heavy atom. The van der Waals surface area contributed by atoms with E-state index in [2.05, 4.69) is 60.9 Å². The zero-order chi connectivity index (χ0) is 12.4. The highest BCUT2D eigenvalue weighted by molar-refractivity contribution is 5.65. The maximum atomic E-state index is 3.44. The van der Waals surface area contributed by atoms with Crippen LogP contribution in [0.2, 0.25) is 0 Å². The van der Waals surface area contributed by atoms with Crippen LogP contribution < -0.4 is 5.32 Å². The molecule has 0 bridgehead atoms. The van der Waals surface area contributed by atoms with Crippen molar-refractivity contribution in [3.05, 3.63) is 59.7 Å². The molecule has 2 aromatic rings. The van der Waals surface area contributed by atoms with Gasteiger partial charge in [0.1, 0.15) is 0 Å². The Morgan fingerprint density at radius 1 is 1.00 bits per heavy atom. The van der Waals surface area contributed by atoms with Crippen LogP contribution in [0, 0.1) is 0 Å². The zero-order valence-electron chi connectivity index (χ0n) is 10.8. The smallest absolute Gasteiger partial charge is 0.0320 e. The van der Waals surface area contributed by atoms with Crippen LogP contribution in [0.4, 0.5) is 0 Å². The number of fused-ring (bicyclic) bond motifs is 1. The fraction of sp³-hybridized carbons (Fsp3) is 0.294.